The highest BCUT2D eigenvalue weighted by Gasteiger charge is 2.26. The van der Waals surface area contributed by atoms with Gasteiger partial charge in [-0.1, -0.05) is 32.9 Å². The average molecular weight is 570 g/mol. The van der Waals surface area contributed by atoms with Gasteiger partial charge in [-0.3, -0.25) is 9.59 Å². The van der Waals surface area contributed by atoms with Crippen LogP contribution < -0.4 is 5.32 Å². The van der Waals surface area contributed by atoms with Crippen molar-refractivity contribution in [1.29, 1.82) is 0 Å². The molecule has 5 nitrogen and oxygen atoms in total. The van der Waals surface area contributed by atoms with Gasteiger partial charge < -0.3 is 14.8 Å². The van der Waals surface area contributed by atoms with Crippen LogP contribution in [0.25, 0.3) is 0 Å². The minimum atomic E-state index is -0.404. The molecule has 1 N–H and O–H groups in total. The van der Waals surface area contributed by atoms with Gasteiger partial charge in [0.15, 0.2) is 3.79 Å². The largest absolute Gasteiger partial charge is 0.375 e. The van der Waals surface area contributed by atoms with Gasteiger partial charge in [-0.25, -0.2) is 0 Å². The average Bonchev–Trinajstić information content (AvgIpc) is 2.64. The van der Waals surface area contributed by atoms with Crippen molar-refractivity contribution >= 4 is 44.0 Å². The van der Waals surface area contributed by atoms with E-state index < -0.39 is 5.60 Å². The Kier molecular flexibility index (Phi) is 14.9. The maximum Gasteiger partial charge on any atom is 0.220 e. The van der Waals surface area contributed by atoms with E-state index >= 15 is 0 Å². The Morgan fingerprint density at radius 2 is 1.55 bits per heavy atom. The predicted octanol–water partition coefficient (Wildman–Crippen LogP) is 5.79. The van der Waals surface area contributed by atoms with Crippen LogP contribution in [0.3, 0.4) is 0 Å². The Bertz CT molecular complexity index is 578. The van der Waals surface area contributed by atoms with Crippen molar-refractivity contribution in [3.05, 3.63) is 12.2 Å². The number of carbonyl (C=O) groups is 2. The van der Waals surface area contributed by atoms with Crippen LogP contribution in [0, 0.1) is 11.8 Å². The first-order valence-corrected chi connectivity index (χ1v) is 13.6. The third kappa shape index (κ3) is 14.6. The maximum atomic E-state index is 12.4. The lowest BCUT2D eigenvalue weighted by Gasteiger charge is -2.30. The van der Waals surface area contributed by atoms with Crippen LogP contribution in [0.15, 0.2) is 12.2 Å². The van der Waals surface area contributed by atoms with Gasteiger partial charge in [-0.2, -0.15) is 11.8 Å². The first kappa shape index (κ1) is 30.9. The highest BCUT2D eigenvalue weighted by Crippen LogP contribution is 2.22. The highest BCUT2D eigenvalue weighted by molar-refractivity contribution is 14.1. The van der Waals surface area contributed by atoms with E-state index in [0.717, 1.165) is 18.6 Å². The highest BCUT2D eigenvalue weighted by atomic mass is 127. The third-order valence-electron chi connectivity index (χ3n) is 5.54. The lowest BCUT2D eigenvalue weighted by atomic mass is 10.00. The fourth-order valence-corrected chi connectivity index (χ4v) is 3.97. The minimum Gasteiger partial charge on any atom is -0.375 e. The molecule has 0 aliphatic heterocycles. The molecule has 0 bridgehead atoms. The fourth-order valence-electron chi connectivity index (χ4n) is 2.81. The summed E-state index contributed by atoms with van der Waals surface area (Å²) in [4.78, 5) is 24.1. The number of amides is 1. The van der Waals surface area contributed by atoms with Gasteiger partial charge in [0.05, 0.1) is 24.4 Å². The topological polar surface area (TPSA) is 64.6 Å². The molecule has 0 aromatic heterocycles. The number of rotatable bonds is 17. The quantitative estimate of drug-likeness (QED) is 0.136. The standard InChI is InChI=1S/C24H44INO4S/c1-17(2)18(3)11-14-29-24(7,8)13-15-30-23(5,6)12-10-21(27)26-20(16-31-9)19(4)22(25)28/h17,19-20H,3,10-16H2,1-2,4-9H3,(H,26,27). The lowest BCUT2D eigenvalue weighted by Crippen LogP contribution is -2.43. The lowest BCUT2D eigenvalue weighted by molar-refractivity contribution is -0.124. The zero-order valence-corrected chi connectivity index (χ0v) is 23.8. The second kappa shape index (κ2) is 14.9. The molecule has 0 saturated carbocycles. The number of hydrogen-bond donors (Lipinski definition) is 1. The van der Waals surface area contributed by atoms with Crippen LogP contribution in [0.4, 0.5) is 0 Å². The number of thioether (sulfide) groups is 1. The molecule has 0 spiro atoms. The first-order chi connectivity index (χ1) is 14.2. The second-order valence-corrected chi connectivity index (χ2v) is 11.7. The Morgan fingerprint density at radius 3 is 2.06 bits per heavy atom. The van der Waals surface area contributed by atoms with Crippen LogP contribution in [0.1, 0.15) is 74.1 Å². The number of carbonyl (C=O) groups excluding carboxylic acids is 2. The Balaban J connectivity index is 4.38. The molecule has 7 heteroatoms. The third-order valence-corrected chi connectivity index (χ3v) is 7.21. The van der Waals surface area contributed by atoms with Gasteiger partial charge in [0.2, 0.25) is 5.91 Å². The number of hydrogen-bond acceptors (Lipinski definition) is 5. The summed E-state index contributed by atoms with van der Waals surface area (Å²) in [6.45, 7) is 19.7. The van der Waals surface area contributed by atoms with Gasteiger partial charge in [-0.05, 0) is 81.7 Å². The molecular weight excluding hydrogens is 525 g/mol. The maximum absolute atomic E-state index is 12.4. The van der Waals surface area contributed by atoms with Gasteiger partial charge >= 0.3 is 0 Å². The summed E-state index contributed by atoms with van der Waals surface area (Å²) in [6, 6.07) is -0.138. The van der Waals surface area contributed by atoms with Crippen LogP contribution in [-0.4, -0.2) is 52.2 Å². The minimum absolute atomic E-state index is 0.0331. The van der Waals surface area contributed by atoms with Crippen molar-refractivity contribution in [1.82, 2.24) is 5.32 Å². The summed E-state index contributed by atoms with van der Waals surface area (Å²) in [7, 11) is 0. The zero-order valence-electron chi connectivity index (χ0n) is 20.8. The van der Waals surface area contributed by atoms with E-state index in [9.17, 15) is 9.59 Å². The molecule has 1 amide bonds. The van der Waals surface area contributed by atoms with Gasteiger partial charge in [0, 0.05) is 24.1 Å². The van der Waals surface area contributed by atoms with Crippen molar-refractivity contribution < 1.29 is 19.1 Å². The smallest absolute Gasteiger partial charge is 0.220 e. The molecule has 182 valence electrons. The van der Waals surface area contributed by atoms with Crippen molar-refractivity contribution in [2.75, 3.05) is 25.2 Å². The van der Waals surface area contributed by atoms with Gasteiger partial charge in [0.25, 0.3) is 0 Å². The predicted molar refractivity (Wildman–Crippen MR) is 141 cm³/mol. The molecule has 2 atom stereocenters. The van der Waals surface area contributed by atoms with E-state index in [1.807, 2.05) is 27.0 Å². The molecule has 0 radical (unpaired) electrons. The number of nitrogens with one attached hydrogen (secondary N) is 1. The molecular formula is C24H44INO4S. The number of ether oxygens (including phenoxy) is 2. The molecule has 0 fully saturated rings. The van der Waals surface area contributed by atoms with E-state index in [4.69, 9.17) is 9.47 Å². The van der Waals surface area contributed by atoms with E-state index in [0.29, 0.717) is 32.0 Å². The van der Waals surface area contributed by atoms with Gasteiger partial charge in [-0.15, -0.1) is 0 Å². The fraction of sp³-hybridized carbons (Fsp3) is 0.833. The Morgan fingerprint density at radius 1 is 1.00 bits per heavy atom. The molecule has 0 aromatic carbocycles. The summed E-state index contributed by atoms with van der Waals surface area (Å²) in [5.41, 5.74) is 0.542. The van der Waals surface area contributed by atoms with E-state index in [1.165, 1.54) is 5.57 Å². The summed E-state index contributed by atoms with van der Waals surface area (Å²) < 4.78 is 12.2. The van der Waals surface area contributed by atoms with E-state index in [1.54, 1.807) is 34.4 Å². The monoisotopic (exact) mass is 569 g/mol. The van der Waals surface area contributed by atoms with Crippen LogP contribution in [0.2, 0.25) is 0 Å². The van der Waals surface area contributed by atoms with Gasteiger partial charge in [0.1, 0.15) is 0 Å². The SMILES string of the molecule is C=C(CCOC(C)(C)CCOC(C)(C)CCC(=O)NC(CSC)C(C)C(=O)I)C(C)C. The summed E-state index contributed by atoms with van der Waals surface area (Å²) in [5, 5.41) is 3.02. The zero-order chi connectivity index (χ0) is 24.2. The molecule has 0 aliphatic rings. The summed E-state index contributed by atoms with van der Waals surface area (Å²) in [5.74, 6) is 0.978. The molecule has 31 heavy (non-hydrogen) atoms. The van der Waals surface area contributed by atoms with Crippen molar-refractivity contribution in [2.24, 2.45) is 11.8 Å². The summed E-state index contributed by atoms with van der Waals surface area (Å²) in [6.07, 6.45) is 4.63. The second-order valence-electron chi connectivity index (χ2n) is 9.75. The van der Waals surface area contributed by atoms with Crippen molar-refractivity contribution in [3.8, 4) is 0 Å². The Hall–Kier alpha value is -0.120. The van der Waals surface area contributed by atoms with Crippen LogP contribution in [0.5, 0.6) is 0 Å². The van der Waals surface area contributed by atoms with Crippen LogP contribution in [-0.2, 0) is 19.1 Å². The molecule has 0 aromatic rings. The molecule has 0 saturated heterocycles. The number of halogens is 1. The van der Waals surface area contributed by atoms with Crippen LogP contribution >= 0.6 is 34.4 Å². The normalized spacial score (nSPS) is 14.4. The Labute approximate surface area is 208 Å². The molecule has 2 unspecified atom stereocenters. The molecule has 0 rings (SSSR count). The van der Waals surface area contributed by atoms with Crippen molar-refractivity contribution in [2.45, 2.75) is 91.4 Å². The van der Waals surface area contributed by atoms with Crippen molar-refractivity contribution in [3.63, 3.8) is 0 Å². The van der Waals surface area contributed by atoms with E-state index in [2.05, 4.69) is 39.6 Å². The molecule has 0 heterocycles. The molecule has 0 aliphatic carbocycles. The summed E-state index contributed by atoms with van der Waals surface area (Å²) >= 11 is 3.44. The first-order valence-electron chi connectivity index (χ1n) is 11.1. The van der Waals surface area contributed by atoms with E-state index in [-0.39, 0.29) is 27.3 Å².